The van der Waals surface area contributed by atoms with Crippen molar-refractivity contribution in [2.75, 3.05) is 65.2 Å². The lowest BCUT2D eigenvalue weighted by Crippen LogP contribution is -2.55. The molecule has 0 bridgehead atoms. The summed E-state index contributed by atoms with van der Waals surface area (Å²) in [5, 5.41) is 0. The summed E-state index contributed by atoms with van der Waals surface area (Å²) in [6.45, 7) is 11.0. The van der Waals surface area contributed by atoms with Crippen LogP contribution in [0.15, 0.2) is 71.6 Å². The van der Waals surface area contributed by atoms with E-state index in [1.165, 1.54) is 0 Å². The van der Waals surface area contributed by atoms with Gasteiger partial charge in [-0.15, -0.1) is 0 Å². The SMILES string of the molecule is COCCCN1CCOc2ccc(CO[C@H]3CN(S(=O)(=O)c4ccc(C)cc4)[C@@H](CC(C)(C)N)C[C@@H]3c3ccc(COCCOC)cc3)cc21. The molecule has 11 heteroatoms. The van der Waals surface area contributed by atoms with Crippen LogP contribution in [0.1, 0.15) is 61.3 Å². The number of benzene rings is 3. The fraction of sp³-hybridized carbons (Fsp3) is 0.538. The van der Waals surface area contributed by atoms with Crippen LogP contribution in [0.5, 0.6) is 5.75 Å². The summed E-state index contributed by atoms with van der Waals surface area (Å²) in [5.74, 6) is 0.809. The van der Waals surface area contributed by atoms with E-state index in [0.717, 1.165) is 53.2 Å². The minimum Gasteiger partial charge on any atom is -0.490 e. The van der Waals surface area contributed by atoms with E-state index in [9.17, 15) is 8.42 Å². The number of piperidine rings is 1. The van der Waals surface area contributed by atoms with Gasteiger partial charge in [-0.25, -0.2) is 8.42 Å². The normalized spacial score (nSPS) is 20.0. The summed E-state index contributed by atoms with van der Waals surface area (Å²) < 4.78 is 59.2. The molecule has 10 nitrogen and oxygen atoms in total. The smallest absolute Gasteiger partial charge is 0.243 e. The lowest BCUT2D eigenvalue weighted by molar-refractivity contribution is -0.0228. The molecule has 2 aliphatic rings. The van der Waals surface area contributed by atoms with Gasteiger partial charge in [-0.1, -0.05) is 48.0 Å². The summed E-state index contributed by atoms with van der Waals surface area (Å²) in [4.78, 5) is 2.61. The Bertz CT molecular complexity index is 1610. The second kappa shape index (κ2) is 17.5. The van der Waals surface area contributed by atoms with Gasteiger partial charge in [0, 0.05) is 51.4 Å². The van der Waals surface area contributed by atoms with Crippen molar-refractivity contribution in [2.24, 2.45) is 5.73 Å². The van der Waals surface area contributed by atoms with E-state index in [0.29, 0.717) is 52.5 Å². The summed E-state index contributed by atoms with van der Waals surface area (Å²) in [7, 11) is -0.455. The fourth-order valence-electron chi connectivity index (χ4n) is 6.90. The number of sulfonamides is 1. The molecular formula is C39H55N3O7S. The highest BCUT2D eigenvalue weighted by atomic mass is 32.2. The summed E-state index contributed by atoms with van der Waals surface area (Å²) in [5.41, 5.74) is 11.2. The van der Waals surface area contributed by atoms with Gasteiger partial charge in [0.1, 0.15) is 12.4 Å². The first-order chi connectivity index (χ1) is 24.0. The number of nitrogens with two attached hydrogens (primary N) is 1. The Morgan fingerprint density at radius 3 is 2.34 bits per heavy atom. The summed E-state index contributed by atoms with van der Waals surface area (Å²) in [6.07, 6.45) is 1.60. The number of methoxy groups -OCH3 is 2. The van der Waals surface area contributed by atoms with Crippen LogP contribution >= 0.6 is 0 Å². The fourth-order valence-corrected chi connectivity index (χ4v) is 8.55. The average molecular weight is 710 g/mol. The average Bonchev–Trinajstić information content (AvgIpc) is 3.09. The molecule has 50 heavy (non-hydrogen) atoms. The lowest BCUT2D eigenvalue weighted by Gasteiger charge is -2.45. The molecule has 3 aromatic rings. The van der Waals surface area contributed by atoms with Crippen molar-refractivity contribution in [3.63, 3.8) is 0 Å². The van der Waals surface area contributed by atoms with Crippen LogP contribution in [0.25, 0.3) is 0 Å². The van der Waals surface area contributed by atoms with E-state index in [1.54, 1.807) is 30.7 Å². The Kier molecular flexibility index (Phi) is 13.3. The molecule has 1 fully saturated rings. The van der Waals surface area contributed by atoms with Gasteiger partial charge < -0.3 is 34.3 Å². The van der Waals surface area contributed by atoms with Crippen molar-refractivity contribution in [1.82, 2.24) is 4.31 Å². The number of fused-ring (bicyclic) bond motifs is 1. The molecule has 0 amide bonds. The highest BCUT2D eigenvalue weighted by Crippen LogP contribution is 2.40. The summed E-state index contributed by atoms with van der Waals surface area (Å²) in [6, 6.07) is 21.3. The first-order valence-corrected chi connectivity index (χ1v) is 19.1. The molecule has 5 rings (SSSR count). The zero-order valence-electron chi connectivity index (χ0n) is 30.3. The molecule has 3 aromatic carbocycles. The number of aryl methyl sites for hydroxylation is 1. The predicted octanol–water partition coefficient (Wildman–Crippen LogP) is 5.65. The molecule has 0 saturated carbocycles. The van der Waals surface area contributed by atoms with E-state index in [-0.39, 0.29) is 23.4 Å². The van der Waals surface area contributed by atoms with E-state index in [4.69, 9.17) is 29.4 Å². The van der Waals surface area contributed by atoms with Gasteiger partial charge in [0.05, 0.1) is 49.7 Å². The third kappa shape index (κ3) is 10.1. The van der Waals surface area contributed by atoms with E-state index < -0.39 is 21.7 Å². The Hall–Kier alpha value is -3.03. The largest absolute Gasteiger partial charge is 0.490 e. The van der Waals surface area contributed by atoms with Crippen LogP contribution in [-0.2, 0) is 42.2 Å². The molecule has 2 heterocycles. The van der Waals surface area contributed by atoms with E-state index in [2.05, 4.69) is 35.2 Å². The van der Waals surface area contributed by atoms with Crippen LogP contribution < -0.4 is 15.4 Å². The Labute approximate surface area is 298 Å². The second-order valence-corrected chi connectivity index (χ2v) is 16.1. The second-order valence-electron chi connectivity index (χ2n) is 14.2. The Morgan fingerprint density at radius 2 is 1.64 bits per heavy atom. The number of nitrogens with zero attached hydrogens (tertiary/aromatic N) is 2. The van der Waals surface area contributed by atoms with Gasteiger partial charge in [0.15, 0.2) is 0 Å². The van der Waals surface area contributed by atoms with Crippen LogP contribution in [0, 0.1) is 6.92 Å². The topological polar surface area (TPSA) is 113 Å². The summed E-state index contributed by atoms with van der Waals surface area (Å²) >= 11 is 0. The molecule has 274 valence electrons. The van der Waals surface area contributed by atoms with Crippen LogP contribution in [0.2, 0.25) is 0 Å². The highest BCUT2D eigenvalue weighted by molar-refractivity contribution is 7.89. The van der Waals surface area contributed by atoms with Crippen molar-refractivity contribution in [3.05, 3.63) is 89.0 Å². The molecule has 2 aliphatic heterocycles. The van der Waals surface area contributed by atoms with Crippen LogP contribution in [0.4, 0.5) is 5.69 Å². The zero-order chi connectivity index (χ0) is 35.7. The van der Waals surface area contributed by atoms with Gasteiger partial charge in [0.25, 0.3) is 0 Å². The van der Waals surface area contributed by atoms with E-state index in [1.807, 2.05) is 45.0 Å². The standard InChI is InChI=1S/C39H55N3O7S/c1-29-7-14-34(15-8-29)50(43,44)42-26-38(49-28-31-11-16-37-36(23-31)41(18-20-48-37)17-6-19-45-4)35(24-33(42)25-39(2,3)40)32-12-9-30(10-13-32)27-47-22-21-46-5/h7-16,23,33,35,38H,6,17-22,24-28,40H2,1-5H3/t33-,35-,38+/m1/s1. The number of rotatable bonds is 17. The third-order valence-electron chi connectivity index (χ3n) is 9.46. The van der Waals surface area contributed by atoms with Gasteiger partial charge in [-0.2, -0.15) is 4.31 Å². The monoisotopic (exact) mass is 709 g/mol. The molecule has 0 aromatic heterocycles. The molecule has 2 N–H and O–H groups in total. The van der Waals surface area contributed by atoms with Gasteiger partial charge in [-0.3, -0.25) is 0 Å². The molecule has 0 aliphatic carbocycles. The zero-order valence-corrected chi connectivity index (χ0v) is 31.1. The van der Waals surface area contributed by atoms with Crippen molar-refractivity contribution < 1.29 is 32.1 Å². The minimum absolute atomic E-state index is 0.0539. The minimum atomic E-state index is -3.84. The maximum Gasteiger partial charge on any atom is 0.243 e. The lowest BCUT2D eigenvalue weighted by atomic mass is 9.80. The van der Waals surface area contributed by atoms with Gasteiger partial charge in [-0.05, 0) is 81.0 Å². The third-order valence-corrected chi connectivity index (χ3v) is 11.4. The molecule has 0 spiro atoms. The van der Waals surface area contributed by atoms with Crippen molar-refractivity contribution in [2.45, 2.75) is 81.7 Å². The van der Waals surface area contributed by atoms with Crippen LogP contribution in [0.3, 0.4) is 0 Å². The predicted molar refractivity (Wildman–Crippen MR) is 196 cm³/mol. The quantitative estimate of drug-likeness (QED) is 0.178. The Morgan fingerprint density at radius 1 is 0.920 bits per heavy atom. The highest BCUT2D eigenvalue weighted by Gasteiger charge is 2.44. The maximum absolute atomic E-state index is 14.3. The number of ether oxygens (including phenoxy) is 5. The van der Waals surface area contributed by atoms with Crippen molar-refractivity contribution >= 4 is 15.7 Å². The molecule has 0 unspecified atom stereocenters. The van der Waals surface area contributed by atoms with Gasteiger partial charge >= 0.3 is 0 Å². The van der Waals surface area contributed by atoms with Gasteiger partial charge in [0.2, 0.25) is 10.0 Å². The van der Waals surface area contributed by atoms with Crippen molar-refractivity contribution in [1.29, 1.82) is 0 Å². The first-order valence-electron chi connectivity index (χ1n) is 17.6. The molecule has 3 atom stereocenters. The van der Waals surface area contributed by atoms with Crippen molar-refractivity contribution in [3.8, 4) is 5.75 Å². The first kappa shape index (κ1) is 38.2. The molecular weight excluding hydrogens is 655 g/mol. The van der Waals surface area contributed by atoms with E-state index >= 15 is 0 Å². The number of hydrogen-bond donors (Lipinski definition) is 1. The molecule has 1 saturated heterocycles. The number of anilines is 1. The Balaban J connectivity index is 1.44. The molecule has 0 radical (unpaired) electrons. The maximum atomic E-state index is 14.3. The van der Waals surface area contributed by atoms with Crippen LogP contribution in [-0.4, -0.2) is 90.7 Å². The number of hydrogen-bond acceptors (Lipinski definition) is 9.